The molecule has 0 saturated heterocycles. The zero-order valence-electron chi connectivity index (χ0n) is 11.6. The van der Waals surface area contributed by atoms with Gasteiger partial charge in [0, 0.05) is 17.3 Å². The van der Waals surface area contributed by atoms with Crippen molar-refractivity contribution in [2.24, 2.45) is 0 Å². The van der Waals surface area contributed by atoms with Gasteiger partial charge < -0.3 is 5.32 Å². The number of aromatic nitrogens is 3. The maximum atomic E-state index is 12.0. The van der Waals surface area contributed by atoms with Gasteiger partial charge in [-0.25, -0.2) is 4.98 Å². The summed E-state index contributed by atoms with van der Waals surface area (Å²) >= 11 is 0. The molecule has 2 aromatic rings. The Morgan fingerprint density at radius 3 is 2.58 bits per heavy atom. The van der Waals surface area contributed by atoms with E-state index in [1.807, 2.05) is 13.0 Å². The molecule has 2 aromatic heterocycles. The van der Waals surface area contributed by atoms with Crippen LogP contribution < -0.4 is 5.32 Å². The van der Waals surface area contributed by atoms with Crippen LogP contribution in [0.2, 0.25) is 0 Å². The first-order valence-electron chi connectivity index (χ1n) is 6.16. The second-order valence-electron chi connectivity index (χ2n) is 5.59. The molecule has 0 fully saturated rings. The Kier molecular flexibility index (Phi) is 3.38. The van der Waals surface area contributed by atoms with E-state index in [4.69, 9.17) is 0 Å². The summed E-state index contributed by atoms with van der Waals surface area (Å²) in [4.78, 5) is 16.1. The van der Waals surface area contributed by atoms with Gasteiger partial charge >= 0.3 is 0 Å². The maximum absolute atomic E-state index is 12.0. The van der Waals surface area contributed by atoms with Gasteiger partial charge in [-0.05, 0) is 24.6 Å². The fourth-order valence-corrected chi connectivity index (χ4v) is 1.54. The number of aromatic amines is 1. The first-order chi connectivity index (χ1) is 8.86. The molecule has 1 amide bonds. The van der Waals surface area contributed by atoms with Crippen LogP contribution in [0.5, 0.6) is 0 Å². The molecule has 0 atom stereocenters. The summed E-state index contributed by atoms with van der Waals surface area (Å²) in [5.74, 6) is 0.263. The van der Waals surface area contributed by atoms with E-state index >= 15 is 0 Å². The molecule has 0 spiro atoms. The number of rotatable bonds is 2. The zero-order chi connectivity index (χ0) is 14.0. The minimum absolute atomic E-state index is 0.0619. The summed E-state index contributed by atoms with van der Waals surface area (Å²) in [5, 5.41) is 9.64. The third-order valence-corrected chi connectivity index (χ3v) is 2.77. The number of H-pyrrole nitrogens is 1. The van der Waals surface area contributed by atoms with E-state index < -0.39 is 0 Å². The number of aryl methyl sites for hydroxylation is 1. The zero-order valence-corrected chi connectivity index (χ0v) is 11.6. The van der Waals surface area contributed by atoms with Crippen molar-refractivity contribution in [3.63, 3.8) is 0 Å². The van der Waals surface area contributed by atoms with Crippen molar-refractivity contribution in [2.75, 3.05) is 5.32 Å². The smallest absolute Gasteiger partial charge is 0.277 e. The van der Waals surface area contributed by atoms with Crippen LogP contribution in [0.3, 0.4) is 0 Å². The normalized spacial score (nSPS) is 11.4. The number of nitrogens with one attached hydrogen (secondary N) is 2. The highest BCUT2D eigenvalue weighted by Gasteiger charge is 2.19. The monoisotopic (exact) mass is 258 g/mol. The lowest BCUT2D eigenvalue weighted by molar-refractivity contribution is 0.102. The molecule has 100 valence electrons. The van der Waals surface area contributed by atoms with Gasteiger partial charge in [0.25, 0.3) is 5.91 Å². The average Bonchev–Trinajstić information content (AvgIpc) is 2.81. The number of hydrogen-bond acceptors (Lipinski definition) is 3. The van der Waals surface area contributed by atoms with Crippen molar-refractivity contribution in [1.29, 1.82) is 0 Å². The molecule has 2 N–H and O–H groups in total. The van der Waals surface area contributed by atoms with Gasteiger partial charge in [-0.15, -0.1) is 0 Å². The highest BCUT2D eigenvalue weighted by Crippen LogP contribution is 2.20. The maximum Gasteiger partial charge on any atom is 0.277 e. The van der Waals surface area contributed by atoms with Crippen LogP contribution in [0, 0.1) is 6.92 Å². The largest absolute Gasteiger partial charge is 0.305 e. The van der Waals surface area contributed by atoms with Crippen LogP contribution in [-0.4, -0.2) is 21.1 Å². The SMILES string of the molecule is Cc1ccc(NC(=O)c2cc(C(C)(C)C)[nH]n2)nc1. The molecule has 0 aliphatic carbocycles. The van der Waals surface area contributed by atoms with Crippen LogP contribution in [0.25, 0.3) is 0 Å². The Balaban J connectivity index is 2.12. The molecule has 19 heavy (non-hydrogen) atoms. The molecule has 0 saturated carbocycles. The number of amides is 1. The number of nitrogens with zero attached hydrogens (tertiary/aromatic N) is 2. The number of carbonyl (C=O) groups is 1. The van der Waals surface area contributed by atoms with Gasteiger partial charge in [-0.2, -0.15) is 5.10 Å². The minimum atomic E-state index is -0.261. The standard InChI is InChI=1S/C14H18N4O/c1-9-5-6-12(15-8-9)16-13(19)10-7-11(18-17-10)14(2,3)4/h5-8H,1-4H3,(H,17,18)(H,15,16,19). The van der Waals surface area contributed by atoms with Crippen molar-refractivity contribution in [1.82, 2.24) is 15.2 Å². The van der Waals surface area contributed by atoms with E-state index in [1.54, 1.807) is 18.3 Å². The number of pyridine rings is 1. The molecule has 2 rings (SSSR count). The van der Waals surface area contributed by atoms with Gasteiger partial charge in [0.05, 0.1) is 0 Å². The lowest BCUT2D eigenvalue weighted by Gasteiger charge is -2.14. The fraction of sp³-hybridized carbons (Fsp3) is 0.357. The lowest BCUT2D eigenvalue weighted by atomic mass is 9.92. The summed E-state index contributed by atoms with van der Waals surface area (Å²) in [6, 6.07) is 5.43. The predicted octanol–water partition coefficient (Wildman–Crippen LogP) is 2.66. The van der Waals surface area contributed by atoms with E-state index in [-0.39, 0.29) is 11.3 Å². The van der Waals surface area contributed by atoms with Crippen molar-refractivity contribution in [2.45, 2.75) is 33.1 Å². The second-order valence-corrected chi connectivity index (χ2v) is 5.59. The number of anilines is 1. The Bertz CT molecular complexity index is 578. The van der Waals surface area contributed by atoms with Gasteiger partial charge in [0.1, 0.15) is 5.82 Å². The highest BCUT2D eigenvalue weighted by atomic mass is 16.2. The van der Waals surface area contributed by atoms with Crippen molar-refractivity contribution in [3.05, 3.63) is 41.3 Å². The van der Waals surface area contributed by atoms with Crippen LogP contribution >= 0.6 is 0 Å². The van der Waals surface area contributed by atoms with Crippen LogP contribution in [-0.2, 0) is 5.41 Å². The molecular weight excluding hydrogens is 240 g/mol. The van der Waals surface area contributed by atoms with Crippen LogP contribution in [0.4, 0.5) is 5.82 Å². The van der Waals surface area contributed by atoms with Crippen molar-refractivity contribution >= 4 is 11.7 Å². The Morgan fingerprint density at radius 2 is 2.05 bits per heavy atom. The van der Waals surface area contributed by atoms with E-state index in [0.717, 1.165) is 11.3 Å². The van der Waals surface area contributed by atoms with E-state index in [2.05, 4.69) is 41.3 Å². The number of hydrogen-bond donors (Lipinski definition) is 2. The second kappa shape index (κ2) is 4.84. The topological polar surface area (TPSA) is 70.7 Å². The average molecular weight is 258 g/mol. The minimum Gasteiger partial charge on any atom is -0.305 e. The van der Waals surface area contributed by atoms with Crippen LogP contribution in [0.1, 0.15) is 42.5 Å². The molecular formula is C14H18N4O. The predicted molar refractivity (Wildman–Crippen MR) is 74.2 cm³/mol. The molecule has 0 aliphatic heterocycles. The number of carbonyl (C=O) groups excluding carboxylic acids is 1. The van der Waals surface area contributed by atoms with Crippen molar-refractivity contribution in [3.8, 4) is 0 Å². The molecule has 0 unspecified atom stereocenters. The van der Waals surface area contributed by atoms with Crippen LogP contribution in [0.15, 0.2) is 24.4 Å². The van der Waals surface area contributed by atoms with E-state index in [0.29, 0.717) is 11.5 Å². The quantitative estimate of drug-likeness (QED) is 0.870. The van der Waals surface area contributed by atoms with Crippen molar-refractivity contribution < 1.29 is 4.79 Å². The summed E-state index contributed by atoms with van der Waals surface area (Å²) in [5.41, 5.74) is 2.28. The third kappa shape index (κ3) is 3.19. The molecule has 0 aromatic carbocycles. The first-order valence-corrected chi connectivity index (χ1v) is 6.16. The fourth-order valence-electron chi connectivity index (χ4n) is 1.54. The van der Waals surface area contributed by atoms with E-state index in [1.165, 1.54) is 0 Å². The molecule has 5 heteroatoms. The molecule has 5 nitrogen and oxygen atoms in total. The summed E-state index contributed by atoms with van der Waals surface area (Å²) < 4.78 is 0. The summed E-state index contributed by atoms with van der Waals surface area (Å²) in [7, 11) is 0. The molecule has 0 bridgehead atoms. The molecule has 0 radical (unpaired) electrons. The third-order valence-electron chi connectivity index (χ3n) is 2.77. The summed E-state index contributed by atoms with van der Waals surface area (Å²) in [6.07, 6.45) is 1.71. The van der Waals surface area contributed by atoms with E-state index in [9.17, 15) is 4.79 Å². The Hall–Kier alpha value is -2.17. The van der Waals surface area contributed by atoms with Gasteiger partial charge in [0.2, 0.25) is 0 Å². The van der Waals surface area contributed by atoms with Gasteiger partial charge in [-0.3, -0.25) is 9.89 Å². The highest BCUT2D eigenvalue weighted by molar-refractivity contribution is 6.02. The Morgan fingerprint density at radius 1 is 1.32 bits per heavy atom. The summed E-state index contributed by atoms with van der Waals surface area (Å²) in [6.45, 7) is 8.12. The molecule has 0 aliphatic rings. The van der Waals surface area contributed by atoms with Gasteiger partial charge in [0.15, 0.2) is 5.69 Å². The molecule has 2 heterocycles. The Labute approximate surface area is 112 Å². The first kappa shape index (κ1) is 13.3. The van der Waals surface area contributed by atoms with Gasteiger partial charge in [-0.1, -0.05) is 26.8 Å². The lowest BCUT2D eigenvalue weighted by Crippen LogP contribution is -2.13.